The van der Waals surface area contributed by atoms with Gasteiger partial charge in [-0.05, 0) is 52.2 Å². The fourth-order valence-corrected chi connectivity index (χ4v) is 2.61. The van der Waals surface area contributed by atoms with Crippen molar-refractivity contribution in [3.05, 3.63) is 61.8 Å². The third kappa shape index (κ3) is 3.41. The van der Waals surface area contributed by atoms with Gasteiger partial charge < -0.3 is 5.32 Å². The van der Waals surface area contributed by atoms with Gasteiger partial charge in [0.05, 0.1) is 10.7 Å². The van der Waals surface area contributed by atoms with Crippen LogP contribution in [0.25, 0.3) is 0 Å². The first-order chi connectivity index (χ1) is 8.99. The van der Waals surface area contributed by atoms with Crippen LogP contribution >= 0.6 is 39.1 Å². The van der Waals surface area contributed by atoms with E-state index in [1.165, 1.54) is 6.07 Å². The summed E-state index contributed by atoms with van der Waals surface area (Å²) in [5, 5.41) is 4.00. The molecule has 2 aromatic rings. The van der Waals surface area contributed by atoms with E-state index in [0.29, 0.717) is 17.1 Å². The summed E-state index contributed by atoms with van der Waals surface area (Å²) in [4.78, 5) is 0. The molecule has 0 aromatic heterocycles. The highest BCUT2D eigenvalue weighted by Crippen LogP contribution is 2.30. The first-order valence-electron chi connectivity index (χ1n) is 5.61. The van der Waals surface area contributed by atoms with Gasteiger partial charge in [-0.2, -0.15) is 0 Å². The number of hydrogen-bond acceptors (Lipinski definition) is 1. The van der Waals surface area contributed by atoms with Gasteiger partial charge in [0.2, 0.25) is 0 Å². The van der Waals surface area contributed by atoms with E-state index in [4.69, 9.17) is 23.2 Å². The molecule has 1 N–H and O–H groups in total. The van der Waals surface area contributed by atoms with Crippen molar-refractivity contribution in [3.63, 3.8) is 0 Å². The predicted octanol–water partition coefficient (Wildman–Crippen LogP) is 5.82. The van der Waals surface area contributed by atoms with Crippen molar-refractivity contribution in [2.45, 2.75) is 13.5 Å². The van der Waals surface area contributed by atoms with Crippen LogP contribution in [0.4, 0.5) is 10.1 Å². The molecule has 0 amide bonds. The van der Waals surface area contributed by atoms with Crippen LogP contribution < -0.4 is 5.32 Å². The maximum Gasteiger partial charge on any atom is 0.142 e. The highest BCUT2D eigenvalue weighted by Gasteiger charge is 2.07. The lowest BCUT2D eigenvalue weighted by Gasteiger charge is -2.11. The standard InChI is InChI=1S/C14H11BrCl2FN/c1-8-5-10(15)13(6-11(8)16)19-7-9-3-2-4-12(18)14(9)17/h2-6,19H,7H2,1H3. The fraction of sp³-hybridized carbons (Fsp3) is 0.143. The molecule has 0 aliphatic carbocycles. The molecule has 2 aromatic carbocycles. The molecule has 1 nitrogen and oxygen atoms in total. The SMILES string of the molecule is Cc1cc(Br)c(NCc2cccc(F)c2Cl)cc1Cl. The van der Waals surface area contributed by atoms with Crippen molar-refractivity contribution < 1.29 is 4.39 Å². The Morgan fingerprint density at radius 2 is 2.00 bits per heavy atom. The lowest BCUT2D eigenvalue weighted by atomic mass is 10.2. The van der Waals surface area contributed by atoms with Crippen molar-refractivity contribution in [3.8, 4) is 0 Å². The van der Waals surface area contributed by atoms with Gasteiger partial charge in [-0.3, -0.25) is 0 Å². The summed E-state index contributed by atoms with van der Waals surface area (Å²) in [5.74, 6) is -0.415. The molecule has 0 fully saturated rings. The van der Waals surface area contributed by atoms with E-state index in [9.17, 15) is 4.39 Å². The molecule has 0 aliphatic rings. The Bertz CT molecular complexity index is 617. The van der Waals surface area contributed by atoms with E-state index < -0.39 is 5.82 Å². The first kappa shape index (κ1) is 14.6. The van der Waals surface area contributed by atoms with Crippen molar-refractivity contribution in [1.82, 2.24) is 0 Å². The Hall–Kier alpha value is -0.770. The van der Waals surface area contributed by atoms with E-state index in [1.54, 1.807) is 12.1 Å². The Kier molecular flexibility index (Phi) is 4.71. The monoisotopic (exact) mass is 361 g/mol. The molecule has 0 radical (unpaired) electrons. The molecule has 100 valence electrons. The highest BCUT2D eigenvalue weighted by molar-refractivity contribution is 9.10. The molecule has 5 heteroatoms. The van der Waals surface area contributed by atoms with E-state index in [2.05, 4.69) is 21.2 Å². The summed E-state index contributed by atoms with van der Waals surface area (Å²) in [7, 11) is 0. The van der Waals surface area contributed by atoms with Gasteiger partial charge in [0, 0.05) is 16.0 Å². The minimum Gasteiger partial charge on any atom is -0.380 e. The van der Waals surface area contributed by atoms with Crippen LogP contribution in [0, 0.1) is 12.7 Å². The van der Waals surface area contributed by atoms with Gasteiger partial charge in [-0.1, -0.05) is 35.3 Å². The van der Waals surface area contributed by atoms with Crippen molar-refractivity contribution >= 4 is 44.8 Å². The number of anilines is 1. The number of nitrogens with one attached hydrogen (secondary N) is 1. The number of benzene rings is 2. The summed E-state index contributed by atoms with van der Waals surface area (Å²) in [6.45, 7) is 2.36. The molecule has 19 heavy (non-hydrogen) atoms. The summed E-state index contributed by atoms with van der Waals surface area (Å²) >= 11 is 15.4. The van der Waals surface area contributed by atoms with Crippen molar-refractivity contribution in [2.75, 3.05) is 5.32 Å². The molecule has 0 heterocycles. The van der Waals surface area contributed by atoms with Gasteiger partial charge in [0.15, 0.2) is 0 Å². The first-order valence-corrected chi connectivity index (χ1v) is 7.16. The average Bonchev–Trinajstić information content (AvgIpc) is 2.37. The molecule has 0 unspecified atom stereocenters. The van der Waals surface area contributed by atoms with E-state index >= 15 is 0 Å². The third-order valence-corrected chi connectivity index (χ3v) is 4.24. The maximum atomic E-state index is 13.3. The number of rotatable bonds is 3. The second-order valence-electron chi connectivity index (χ2n) is 4.15. The smallest absolute Gasteiger partial charge is 0.142 e. The summed E-state index contributed by atoms with van der Waals surface area (Å²) in [6.07, 6.45) is 0. The zero-order valence-corrected chi connectivity index (χ0v) is 13.2. The summed E-state index contributed by atoms with van der Waals surface area (Å²) in [5.41, 5.74) is 2.53. The lowest BCUT2D eigenvalue weighted by Crippen LogP contribution is -2.02. The van der Waals surface area contributed by atoms with Gasteiger partial charge in [0.1, 0.15) is 5.82 Å². The molecule has 0 saturated carbocycles. The molecule has 2 rings (SSSR count). The molecule has 0 bridgehead atoms. The Morgan fingerprint density at radius 1 is 1.26 bits per heavy atom. The number of halogens is 4. The van der Waals surface area contributed by atoms with E-state index in [-0.39, 0.29) is 5.02 Å². The van der Waals surface area contributed by atoms with E-state index in [0.717, 1.165) is 15.7 Å². The van der Waals surface area contributed by atoms with Crippen molar-refractivity contribution in [2.24, 2.45) is 0 Å². The Labute approximate surface area is 129 Å². The third-order valence-electron chi connectivity index (χ3n) is 2.75. The minimum absolute atomic E-state index is 0.143. The highest BCUT2D eigenvalue weighted by atomic mass is 79.9. The zero-order chi connectivity index (χ0) is 14.0. The maximum absolute atomic E-state index is 13.3. The quantitative estimate of drug-likeness (QED) is 0.725. The van der Waals surface area contributed by atoms with Crippen LogP contribution in [0.5, 0.6) is 0 Å². The normalized spacial score (nSPS) is 10.6. The van der Waals surface area contributed by atoms with Crippen LogP contribution in [-0.4, -0.2) is 0 Å². The van der Waals surface area contributed by atoms with Crippen LogP contribution in [0.1, 0.15) is 11.1 Å². The topological polar surface area (TPSA) is 12.0 Å². The summed E-state index contributed by atoms with van der Waals surface area (Å²) in [6, 6.07) is 8.51. The Morgan fingerprint density at radius 3 is 2.74 bits per heavy atom. The number of hydrogen-bond donors (Lipinski definition) is 1. The Balaban J connectivity index is 2.19. The second kappa shape index (κ2) is 6.12. The predicted molar refractivity (Wildman–Crippen MR) is 82.6 cm³/mol. The molecule has 0 aliphatic heterocycles. The van der Waals surface area contributed by atoms with Gasteiger partial charge >= 0.3 is 0 Å². The molecule has 0 saturated heterocycles. The fourth-order valence-electron chi connectivity index (χ4n) is 1.66. The van der Waals surface area contributed by atoms with E-state index in [1.807, 2.05) is 19.1 Å². The molecular weight excluding hydrogens is 352 g/mol. The molecule has 0 spiro atoms. The summed E-state index contributed by atoms with van der Waals surface area (Å²) < 4.78 is 14.2. The molecular formula is C14H11BrCl2FN. The second-order valence-corrected chi connectivity index (χ2v) is 5.79. The zero-order valence-electron chi connectivity index (χ0n) is 10.1. The molecule has 0 atom stereocenters. The average molecular weight is 363 g/mol. The largest absolute Gasteiger partial charge is 0.380 e. The van der Waals surface area contributed by atoms with Crippen LogP contribution in [0.3, 0.4) is 0 Å². The van der Waals surface area contributed by atoms with Crippen LogP contribution in [0.2, 0.25) is 10.0 Å². The van der Waals surface area contributed by atoms with Gasteiger partial charge in [-0.15, -0.1) is 0 Å². The van der Waals surface area contributed by atoms with Gasteiger partial charge in [-0.25, -0.2) is 4.39 Å². The number of aryl methyl sites for hydroxylation is 1. The van der Waals surface area contributed by atoms with Crippen LogP contribution in [0.15, 0.2) is 34.8 Å². The minimum atomic E-state index is -0.415. The lowest BCUT2D eigenvalue weighted by molar-refractivity contribution is 0.626. The van der Waals surface area contributed by atoms with Crippen LogP contribution in [-0.2, 0) is 6.54 Å². The van der Waals surface area contributed by atoms with Crippen molar-refractivity contribution in [1.29, 1.82) is 0 Å². The van der Waals surface area contributed by atoms with Gasteiger partial charge in [0.25, 0.3) is 0 Å².